The second-order valence-electron chi connectivity index (χ2n) is 5.66. The van der Waals surface area contributed by atoms with Crippen LogP contribution in [0.3, 0.4) is 0 Å². The third kappa shape index (κ3) is 4.96. The Hall–Kier alpha value is -1.12. The first-order valence-electron chi connectivity index (χ1n) is 7.24. The van der Waals surface area contributed by atoms with Gasteiger partial charge in [-0.05, 0) is 45.4 Å². The minimum absolute atomic E-state index is 0.0128. The topological polar surface area (TPSA) is 48.6 Å². The van der Waals surface area contributed by atoms with Crippen molar-refractivity contribution in [3.05, 3.63) is 30.0 Å². The highest BCUT2D eigenvalue weighted by Gasteiger charge is 2.07. The molecule has 0 aliphatic heterocycles. The second kappa shape index (κ2) is 7.94. The van der Waals surface area contributed by atoms with E-state index in [0.717, 1.165) is 36.3 Å². The van der Waals surface area contributed by atoms with Gasteiger partial charge in [-0.15, -0.1) is 0 Å². The normalized spacial score (nSPS) is 11.5. The molecule has 0 aliphatic carbocycles. The molecule has 0 atom stereocenters. The van der Waals surface area contributed by atoms with Crippen molar-refractivity contribution in [2.24, 2.45) is 0 Å². The fourth-order valence-corrected chi connectivity index (χ4v) is 2.40. The van der Waals surface area contributed by atoms with Crippen molar-refractivity contribution >= 4 is 37.3 Å². The smallest absolute Gasteiger partial charge is 0.238 e. The Balaban J connectivity index is 1.88. The molecule has 0 bridgehead atoms. The summed E-state index contributed by atoms with van der Waals surface area (Å²) in [5.41, 5.74) is 1.58. The molecule has 1 N–H and O–H groups in total. The zero-order valence-corrected chi connectivity index (χ0v) is 15.4. The molecule has 1 aromatic carbocycles. The summed E-state index contributed by atoms with van der Waals surface area (Å²) in [6, 6.07) is 7.71. The lowest BCUT2D eigenvalue weighted by Gasteiger charge is -2.19. The zero-order valence-electron chi connectivity index (χ0n) is 13.2. The molecule has 0 fully saturated rings. The number of halogens is 1. The van der Waals surface area contributed by atoms with Crippen LogP contribution in [0.4, 0.5) is 0 Å². The van der Waals surface area contributed by atoms with E-state index in [-0.39, 0.29) is 3.79 Å². The van der Waals surface area contributed by atoms with Crippen molar-refractivity contribution < 1.29 is 9.53 Å². The van der Waals surface area contributed by atoms with Gasteiger partial charge < -0.3 is 19.5 Å². The van der Waals surface area contributed by atoms with Crippen LogP contribution in [0.15, 0.2) is 24.3 Å². The highest BCUT2D eigenvalue weighted by Crippen LogP contribution is 2.22. The van der Waals surface area contributed by atoms with Gasteiger partial charge in [0.05, 0.1) is 5.69 Å². The number of aromatic amines is 1. The molecule has 1 aromatic heterocycles. The Morgan fingerprint density at radius 3 is 2.64 bits per heavy atom. The number of H-pyrrole nitrogens is 1. The molecule has 120 valence electrons. The predicted octanol–water partition coefficient (Wildman–Crippen LogP) is 2.62. The lowest BCUT2D eigenvalue weighted by atomic mass is 10.2. The molecular weight excluding hydrogens is 393 g/mol. The van der Waals surface area contributed by atoms with Crippen molar-refractivity contribution in [3.8, 4) is 5.75 Å². The summed E-state index contributed by atoms with van der Waals surface area (Å²) in [4.78, 5) is 18.9. The minimum atomic E-state index is 0.0128. The van der Waals surface area contributed by atoms with E-state index in [2.05, 4.69) is 35.9 Å². The Kier molecular flexibility index (Phi) is 6.22. The van der Waals surface area contributed by atoms with Crippen molar-refractivity contribution in [2.45, 2.75) is 0 Å². The highest BCUT2D eigenvalue weighted by atomic mass is 127. The lowest BCUT2D eigenvalue weighted by molar-refractivity contribution is 0.110. The molecule has 22 heavy (non-hydrogen) atoms. The lowest BCUT2D eigenvalue weighted by Crippen LogP contribution is -2.31. The molecule has 0 saturated heterocycles. The van der Waals surface area contributed by atoms with Crippen LogP contribution in [0.5, 0.6) is 5.75 Å². The predicted molar refractivity (Wildman–Crippen MR) is 98.2 cm³/mol. The first-order valence-corrected chi connectivity index (χ1v) is 8.32. The van der Waals surface area contributed by atoms with Crippen LogP contribution in [-0.4, -0.2) is 66.0 Å². The fourth-order valence-electron chi connectivity index (χ4n) is 2.11. The fraction of sp³-hybridized carbons (Fsp3) is 0.438. The Labute approximate surface area is 144 Å². The molecule has 0 unspecified atom stereocenters. The third-order valence-corrected chi connectivity index (χ3v) is 4.06. The second-order valence-corrected chi connectivity index (χ2v) is 6.64. The number of aromatic nitrogens is 1. The number of ether oxygens (including phenoxy) is 1. The SMILES string of the molecule is CN(C)CCN(C)CCOc1ccc2[nH]c(C(=O)I)cc2c1. The number of fused-ring (bicyclic) bond motifs is 1. The van der Waals surface area contributed by atoms with E-state index in [1.54, 1.807) is 22.6 Å². The number of nitrogens with zero attached hydrogens (tertiary/aromatic N) is 2. The van der Waals surface area contributed by atoms with Crippen LogP contribution in [0.25, 0.3) is 10.9 Å². The molecule has 0 saturated carbocycles. The maximum Gasteiger partial charge on any atom is 0.238 e. The highest BCUT2D eigenvalue weighted by molar-refractivity contribution is 14.1. The van der Waals surface area contributed by atoms with Crippen LogP contribution < -0.4 is 4.74 Å². The number of rotatable bonds is 8. The van der Waals surface area contributed by atoms with E-state index < -0.39 is 0 Å². The average molecular weight is 415 g/mol. The zero-order chi connectivity index (χ0) is 16.1. The van der Waals surface area contributed by atoms with E-state index in [0.29, 0.717) is 12.3 Å². The maximum atomic E-state index is 11.4. The molecule has 0 spiro atoms. The number of carbonyl (C=O) groups excluding carboxylic acids is 1. The number of carbonyl (C=O) groups is 1. The van der Waals surface area contributed by atoms with Gasteiger partial charge in [-0.25, -0.2) is 0 Å². The van der Waals surface area contributed by atoms with Gasteiger partial charge >= 0.3 is 0 Å². The van der Waals surface area contributed by atoms with Crippen LogP contribution in [0, 0.1) is 0 Å². The summed E-state index contributed by atoms with van der Waals surface area (Å²) in [5, 5.41) is 0.999. The summed E-state index contributed by atoms with van der Waals surface area (Å²) < 4.78 is 5.82. The van der Waals surface area contributed by atoms with E-state index in [4.69, 9.17) is 4.74 Å². The molecule has 5 nitrogen and oxygen atoms in total. The Bertz CT molecular complexity index is 639. The van der Waals surface area contributed by atoms with Gasteiger partial charge in [0.2, 0.25) is 3.79 Å². The van der Waals surface area contributed by atoms with Crippen LogP contribution in [-0.2, 0) is 0 Å². The van der Waals surface area contributed by atoms with E-state index in [1.807, 2.05) is 24.3 Å². The molecule has 0 amide bonds. The molecule has 6 heteroatoms. The van der Waals surface area contributed by atoms with Gasteiger partial charge in [0.15, 0.2) is 0 Å². The number of likely N-dealkylation sites (N-methyl/N-ethyl adjacent to an activating group) is 2. The van der Waals surface area contributed by atoms with Gasteiger partial charge in [0.25, 0.3) is 0 Å². The monoisotopic (exact) mass is 415 g/mol. The van der Waals surface area contributed by atoms with E-state index in [1.165, 1.54) is 0 Å². The summed E-state index contributed by atoms with van der Waals surface area (Å²) in [5.74, 6) is 0.833. The number of nitrogens with one attached hydrogen (secondary N) is 1. The maximum absolute atomic E-state index is 11.4. The largest absolute Gasteiger partial charge is 0.492 e. The number of hydrogen-bond acceptors (Lipinski definition) is 4. The van der Waals surface area contributed by atoms with Crippen molar-refractivity contribution in [1.29, 1.82) is 0 Å². The minimum Gasteiger partial charge on any atom is -0.492 e. The van der Waals surface area contributed by atoms with Gasteiger partial charge in [-0.2, -0.15) is 0 Å². The molecular formula is C16H22IN3O2. The van der Waals surface area contributed by atoms with Gasteiger partial charge in [-0.3, -0.25) is 4.79 Å². The molecule has 0 radical (unpaired) electrons. The molecule has 2 aromatic rings. The molecule has 0 aliphatic rings. The average Bonchev–Trinajstić information content (AvgIpc) is 2.88. The van der Waals surface area contributed by atoms with Gasteiger partial charge in [-0.1, -0.05) is 0 Å². The number of benzene rings is 1. The van der Waals surface area contributed by atoms with Crippen LogP contribution in [0.2, 0.25) is 0 Å². The quantitative estimate of drug-likeness (QED) is 0.532. The number of hydrogen-bond donors (Lipinski definition) is 1. The van der Waals surface area contributed by atoms with Crippen molar-refractivity contribution in [1.82, 2.24) is 14.8 Å². The van der Waals surface area contributed by atoms with Crippen LogP contribution >= 0.6 is 22.6 Å². The Morgan fingerprint density at radius 2 is 1.95 bits per heavy atom. The van der Waals surface area contributed by atoms with Gasteiger partial charge in [0.1, 0.15) is 12.4 Å². The summed E-state index contributed by atoms with van der Waals surface area (Å²) in [6.45, 7) is 3.60. The standard InChI is InChI=1S/C16H22IN3O2/c1-19(2)6-7-20(3)8-9-22-13-4-5-14-12(10-13)11-15(18-14)16(17)21/h4-5,10-11,18H,6-9H2,1-3H3. The van der Waals surface area contributed by atoms with Crippen molar-refractivity contribution in [2.75, 3.05) is 47.4 Å². The van der Waals surface area contributed by atoms with E-state index in [9.17, 15) is 4.79 Å². The first kappa shape index (κ1) is 17.2. The molecule has 1 heterocycles. The van der Waals surface area contributed by atoms with Crippen molar-refractivity contribution in [3.63, 3.8) is 0 Å². The summed E-state index contributed by atoms with van der Waals surface area (Å²) >= 11 is 1.78. The van der Waals surface area contributed by atoms with E-state index >= 15 is 0 Å². The summed E-state index contributed by atoms with van der Waals surface area (Å²) in [6.07, 6.45) is 0. The Morgan fingerprint density at radius 1 is 1.18 bits per heavy atom. The third-order valence-electron chi connectivity index (χ3n) is 3.47. The van der Waals surface area contributed by atoms with Crippen LogP contribution in [0.1, 0.15) is 10.5 Å². The van der Waals surface area contributed by atoms with Gasteiger partial charge in [0, 0.05) is 53.1 Å². The first-order chi connectivity index (χ1) is 10.5. The summed E-state index contributed by atoms with van der Waals surface area (Å²) in [7, 11) is 6.25. The molecule has 2 rings (SSSR count).